The Labute approximate surface area is 137 Å². The summed E-state index contributed by atoms with van der Waals surface area (Å²) in [5, 5.41) is 2.89. The van der Waals surface area contributed by atoms with Crippen LogP contribution in [0, 0.1) is 0 Å². The summed E-state index contributed by atoms with van der Waals surface area (Å²) in [5.41, 5.74) is 1.18. The third-order valence-corrected chi connectivity index (χ3v) is 3.76. The van der Waals surface area contributed by atoms with Crippen LogP contribution in [0.15, 0.2) is 24.3 Å². The number of carbonyl (C=O) groups excluding carboxylic acids is 2. The van der Waals surface area contributed by atoms with Crippen LogP contribution >= 0.6 is 0 Å². The van der Waals surface area contributed by atoms with E-state index in [0.29, 0.717) is 44.0 Å². The minimum absolute atomic E-state index is 0.00811. The monoisotopic (exact) mass is 319 g/mol. The first-order valence-corrected chi connectivity index (χ1v) is 7.98. The summed E-state index contributed by atoms with van der Waals surface area (Å²) in [4.78, 5) is 28.2. The molecule has 0 bridgehead atoms. The summed E-state index contributed by atoms with van der Waals surface area (Å²) in [6.45, 7) is 3.98. The lowest BCUT2D eigenvalue weighted by molar-refractivity contribution is 0.0303. The quantitative estimate of drug-likeness (QED) is 0.790. The molecule has 1 fully saturated rings. The van der Waals surface area contributed by atoms with Crippen LogP contribution < -0.4 is 5.32 Å². The van der Waals surface area contributed by atoms with Gasteiger partial charge in [0.2, 0.25) is 0 Å². The number of carbonyl (C=O) groups is 2. The maximum Gasteiger partial charge on any atom is 0.254 e. The van der Waals surface area contributed by atoms with Gasteiger partial charge in [-0.25, -0.2) is 0 Å². The molecule has 0 spiro atoms. The molecule has 23 heavy (non-hydrogen) atoms. The first-order chi connectivity index (χ1) is 11.1. The van der Waals surface area contributed by atoms with E-state index in [4.69, 9.17) is 4.74 Å². The van der Waals surface area contributed by atoms with Crippen LogP contribution in [0.5, 0.6) is 0 Å². The minimum Gasteiger partial charge on any atom is -0.378 e. The summed E-state index contributed by atoms with van der Waals surface area (Å²) in [6.07, 6.45) is 0.909. The van der Waals surface area contributed by atoms with Gasteiger partial charge in [-0.1, -0.05) is 0 Å². The number of nitrogens with zero attached hydrogens (tertiary/aromatic N) is 2. The van der Waals surface area contributed by atoms with Crippen LogP contribution in [0.3, 0.4) is 0 Å². The van der Waals surface area contributed by atoms with Gasteiger partial charge in [-0.15, -0.1) is 0 Å². The number of benzene rings is 1. The predicted octanol–water partition coefficient (Wildman–Crippen LogP) is 0.841. The van der Waals surface area contributed by atoms with Crippen molar-refractivity contribution in [1.29, 1.82) is 0 Å². The first-order valence-electron chi connectivity index (χ1n) is 7.98. The molecule has 1 aromatic rings. The molecule has 1 heterocycles. The fourth-order valence-electron chi connectivity index (χ4n) is 2.41. The Morgan fingerprint density at radius 3 is 2.35 bits per heavy atom. The molecule has 1 N–H and O–H groups in total. The topological polar surface area (TPSA) is 61.9 Å². The van der Waals surface area contributed by atoms with Crippen LogP contribution in [0.1, 0.15) is 27.1 Å². The van der Waals surface area contributed by atoms with Gasteiger partial charge in [-0.2, -0.15) is 0 Å². The van der Waals surface area contributed by atoms with E-state index in [9.17, 15) is 9.59 Å². The third kappa shape index (κ3) is 5.33. The molecule has 1 aromatic carbocycles. The zero-order valence-electron chi connectivity index (χ0n) is 13.9. The molecule has 1 saturated heterocycles. The van der Waals surface area contributed by atoms with Crippen LogP contribution in [0.25, 0.3) is 0 Å². The van der Waals surface area contributed by atoms with Gasteiger partial charge in [0.15, 0.2) is 0 Å². The Morgan fingerprint density at radius 2 is 1.74 bits per heavy atom. The highest BCUT2D eigenvalue weighted by Crippen LogP contribution is 2.09. The number of rotatable bonds is 6. The highest BCUT2D eigenvalue weighted by molar-refractivity contribution is 5.97. The molecule has 0 aromatic heterocycles. The molecule has 1 aliphatic rings. The summed E-state index contributed by atoms with van der Waals surface area (Å²) in [6, 6.07) is 6.84. The standard InChI is InChI=1S/C17H25N3O3/c1-19(2)9-3-8-18-16(21)14-4-6-15(7-5-14)17(22)20-10-12-23-13-11-20/h4-7H,3,8-13H2,1-2H3,(H,18,21). The van der Waals surface area contributed by atoms with Crippen LogP contribution in [-0.4, -0.2) is 75.1 Å². The molecule has 0 radical (unpaired) electrons. The smallest absolute Gasteiger partial charge is 0.254 e. The van der Waals surface area contributed by atoms with Gasteiger partial charge >= 0.3 is 0 Å². The second kappa shape index (κ2) is 8.64. The summed E-state index contributed by atoms with van der Waals surface area (Å²) in [7, 11) is 4.01. The second-order valence-corrected chi connectivity index (χ2v) is 5.89. The van der Waals surface area contributed by atoms with Crippen molar-refractivity contribution in [2.24, 2.45) is 0 Å². The zero-order chi connectivity index (χ0) is 16.7. The van der Waals surface area contributed by atoms with Crippen LogP contribution in [0.4, 0.5) is 0 Å². The molecule has 6 heteroatoms. The van der Waals surface area contributed by atoms with Crippen molar-refractivity contribution >= 4 is 11.8 Å². The lowest BCUT2D eigenvalue weighted by Gasteiger charge is -2.26. The number of morpholine rings is 1. The summed E-state index contributed by atoms with van der Waals surface area (Å²) >= 11 is 0. The van der Waals surface area contributed by atoms with Crippen molar-refractivity contribution < 1.29 is 14.3 Å². The lowest BCUT2D eigenvalue weighted by Crippen LogP contribution is -2.40. The zero-order valence-corrected chi connectivity index (χ0v) is 13.9. The van der Waals surface area contributed by atoms with E-state index < -0.39 is 0 Å². The van der Waals surface area contributed by atoms with Crippen molar-refractivity contribution in [2.75, 3.05) is 53.5 Å². The Balaban J connectivity index is 1.85. The van der Waals surface area contributed by atoms with E-state index >= 15 is 0 Å². The summed E-state index contributed by atoms with van der Waals surface area (Å²) < 4.78 is 5.25. The molecule has 6 nitrogen and oxygen atoms in total. The molecular formula is C17H25N3O3. The van der Waals surface area contributed by atoms with E-state index in [1.54, 1.807) is 29.2 Å². The SMILES string of the molecule is CN(C)CCCNC(=O)c1ccc(C(=O)N2CCOCC2)cc1. The van der Waals surface area contributed by atoms with E-state index in [0.717, 1.165) is 13.0 Å². The highest BCUT2D eigenvalue weighted by atomic mass is 16.5. The van der Waals surface area contributed by atoms with Gasteiger partial charge in [0, 0.05) is 30.8 Å². The average Bonchev–Trinajstić information content (AvgIpc) is 2.58. The normalized spacial score (nSPS) is 14.8. The molecule has 2 amide bonds. The fourth-order valence-corrected chi connectivity index (χ4v) is 2.41. The summed E-state index contributed by atoms with van der Waals surface area (Å²) in [5.74, 6) is -0.111. The second-order valence-electron chi connectivity index (χ2n) is 5.89. The van der Waals surface area contributed by atoms with Crippen molar-refractivity contribution in [3.8, 4) is 0 Å². The van der Waals surface area contributed by atoms with Crippen LogP contribution in [-0.2, 0) is 4.74 Å². The van der Waals surface area contributed by atoms with Gasteiger partial charge in [0.25, 0.3) is 11.8 Å². The van der Waals surface area contributed by atoms with Crippen molar-refractivity contribution in [1.82, 2.24) is 15.1 Å². The Bertz CT molecular complexity index is 522. The molecule has 1 aliphatic heterocycles. The maximum atomic E-state index is 12.3. The fraction of sp³-hybridized carbons (Fsp3) is 0.529. The Morgan fingerprint density at radius 1 is 1.13 bits per heavy atom. The van der Waals surface area contributed by atoms with Crippen molar-refractivity contribution in [3.05, 3.63) is 35.4 Å². The average molecular weight is 319 g/mol. The molecule has 0 aliphatic carbocycles. The van der Waals surface area contributed by atoms with Gasteiger partial charge in [0.05, 0.1) is 13.2 Å². The van der Waals surface area contributed by atoms with Crippen LogP contribution in [0.2, 0.25) is 0 Å². The molecule has 0 atom stereocenters. The van der Waals surface area contributed by atoms with Gasteiger partial charge < -0.3 is 19.9 Å². The molecule has 0 saturated carbocycles. The van der Waals surface area contributed by atoms with E-state index in [-0.39, 0.29) is 11.8 Å². The van der Waals surface area contributed by atoms with E-state index in [1.807, 2.05) is 14.1 Å². The Hall–Kier alpha value is -1.92. The van der Waals surface area contributed by atoms with Crippen molar-refractivity contribution in [2.45, 2.75) is 6.42 Å². The first kappa shape index (κ1) is 17.4. The number of ether oxygens (including phenoxy) is 1. The van der Waals surface area contributed by atoms with Crippen molar-refractivity contribution in [3.63, 3.8) is 0 Å². The molecule has 2 rings (SSSR count). The van der Waals surface area contributed by atoms with Gasteiger partial charge in [0.1, 0.15) is 0 Å². The maximum absolute atomic E-state index is 12.3. The van der Waals surface area contributed by atoms with Gasteiger partial charge in [-0.3, -0.25) is 9.59 Å². The number of hydrogen-bond acceptors (Lipinski definition) is 4. The third-order valence-electron chi connectivity index (χ3n) is 3.76. The number of hydrogen-bond donors (Lipinski definition) is 1. The number of amides is 2. The molecule has 126 valence electrons. The largest absolute Gasteiger partial charge is 0.378 e. The molecule has 0 unspecified atom stereocenters. The van der Waals surface area contributed by atoms with E-state index in [2.05, 4.69) is 10.2 Å². The minimum atomic E-state index is -0.103. The Kier molecular flexibility index (Phi) is 6.55. The number of nitrogens with one attached hydrogen (secondary N) is 1. The highest BCUT2D eigenvalue weighted by Gasteiger charge is 2.18. The molecular weight excluding hydrogens is 294 g/mol. The van der Waals surface area contributed by atoms with E-state index in [1.165, 1.54) is 0 Å². The lowest BCUT2D eigenvalue weighted by atomic mass is 10.1. The predicted molar refractivity (Wildman–Crippen MR) is 88.7 cm³/mol. The van der Waals surface area contributed by atoms with Gasteiger partial charge in [-0.05, 0) is 51.3 Å².